The van der Waals surface area contributed by atoms with Crippen LogP contribution in [0.15, 0.2) is 79.5 Å². The number of H-pyrrole nitrogens is 1. The Morgan fingerprint density at radius 2 is 2.03 bits per heavy atom. The molecule has 1 amide bonds. The van der Waals surface area contributed by atoms with Gasteiger partial charge in [0.05, 0.1) is 11.3 Å². The summed E-state index contributed by atoms with van der Waals surface area (Å²) >= 11 is 4.82. The summed E-state index contributed by atoms with van der Waals surface area (Å²) in [5, 5.41) is 5.13. The maximum absolute atomic E-state index is 13.2. The van der Waals surface area contributed by atoms with Crippen LogP contribution < -0.4 is 15.1 Å². The molecule has 2 aromatic heterocycles. The van der Waals surface area contributed by atoms with E-state index in [1.54, 1.807) is 9.58 Å². The van der Waals surface area contributed by atoms with Crippen molar-refractivity contribution in [3.63, 3.8) is 0 Å². The minimum absolute atomic E-state index is 0.0983. The Morgan fingerprint density at radius 1 is 1.21 bits per heavy atom. The fourth-order valence-electron chi connectivity index (χ4n) is 4.05. The smallest absolute Gasteiger partial charge is 0.325 e. The fraction of sp³-hybridized carbons (Fsp3) is 0.167. The number of aromatic amines is 1. The zero-order chi connectivity index (χ0) is 23.1. The number of rotatable bonds is 4. The molecule has 0 saturated heterocycles. The summed E-state index contributed by atoms with van der Waals surface area (Å²) in [7, 11) is 0. The molecule has 1 atom stereocenters. The normalized spacial score (nSPS) is 14.6. The highest BCUT2D eigenvalue weighted by Crippen LogP contribution is 2.39. The fourth-order valence-corrected chi connectivity index (χ4v) is 4.81. The van der Waals surface area contributed by atoms with Crippen LogP contribution in [0.1, 0.15) is 25.3 Å². The van der Waals surface area contributed by atoms with Gasteiger partial charge >= 0.3 is 17.4 Å². The van der Waals surface area contributed by atoms with Gasteiger partial charge in [0.15, 0.2) is 5.76 Å². The molecule has 0 aliphatic carbocycles. The number of nitrogens with zero attached hydrogens (tertiary/aromatic N) is 3. The van der Waals surface area contributed by atoms with E-state index in [9.17, 15) is 9.59 Å². The first kappa shape index (κ1) is 21.7. The van der Waals surface area contributed by atoms with Crippen molar-refractivity contribution >= 4 is 39.3 Å². The molecule has 1 N–H and O–H groups in total. The van der Waals surface area contributed by atoms with E-state index in [0.29, 0.717) is 40.0 Å². The average molecular weight is 524 g/mol. The van der Waals surface area contributed by atoms with Crippen LogP contribution in [0.5, 0.6) is 0 Å². The molecule has 3 heterocycles. The van der Waals surface area contributed by atoms with E-state index >= 15 is 0 Å². The van der Waals surface area contributed by atoms with Gasteiger partial charge in [-0.1, -0.05) is 58.9 Å². The third kappa shape index (κ3) is 3.71. The summed E-state index contributed by atoms with van der Waals surface area (Å²) < 4.78 is 8.82. The van der Waals surface area contributed by atoms with Crippen LogP contribution in [0.25, 0.3) is 22.6 Å². The number of carbonyl (C=O) groups is 1. The van der Waals surface area contributed by atoms with E-state index in [1.165, 1.54) is 11.8 Å². The quantitative estimate of drug-likeness (QED) is 0.307. The van der Waals surface area contributed by atoms with Crippen molar-refractivity contribution in [3.05, 3.63) is 81.3 Å². The van der Waals surface area contributed by atoms with Gasteiger partial charge in [0, 0.05) is 21.6 Å². The second-order valence-electron chi connectivity index (χ2n) is 7.48. The lowest BCUT2D eigenvalue weighted by atomic mass is 10.0. The van der Waals surface area contributed by atoms with Gasteiger partial charge in [-0.15, -0.1) is 0 Å². The molecule has 0 spiro atoms. The van der Waals surface area contributed by atoms with Crippen LogP contribution in [-0.2, 0) is 4.79 Å². The number of halogens is 1. The number of benzene rings is 2. The zero-order valence-electron chi connectivity index (χ0n) is 17.9. The Kier molecular flexibility index (Phi) is 5.67. The topological polar surface area (TPSA) is 83.1 Å². The molecule has 0 radical (unpaired) electrons. The molecule has 0 unspecified atom stereocenters. The van der Waals surface area contributed by atoms with E-state index in [1.807, 2.05) is 73.8 Å². The molecule has 0 fully saturated rings. The van der Waals surface area contributed by atoms with Crippen LogP contribution in [0, 0.1) is 0 Å². The van der Waals surface area contributed by atoms with Gasteiger partial charge in [-0.3, -0.25) is 14.6 Å². The van der Waals surface area contributed by atoms with Crippen LogP contribution in [0.3, 0.4) is 0 Å². The van der Waals surface area contributed by atoms with Crippen LogP contribution in [-0.4, -0.2) is 22.2 Å². The highest BCUT2D eigenvalue weighted by Gasteiger charge is 2.47. The number of carbonyl (C=O) groups excluding carboxylic acids is 1. The summed E-state index contributed by atoms with van der Waals surface area (Å²) in [5.41, 5.74) is 2.31. The summed E-state index contributed by atoms with van der Waals surface area (Å²) in [6.45, 7) is 1.82. The number of anilines is 1. The number of hydrogen-bond donors (Lipinski definition) is 1. The van der Waals surface area contributed by atoms with Crippen LogP contribution >= 0.6 is 27.7 Å². The van der Waals surface area contributed by atoms with E-state index in [2.05, 4.69) is 26.0 Å². The van der Waals surface area contributed by atoms with Crippen molar-refractivity contribution in [2.45, 2.75) is 24.7 Å². The van der Waals surface area contributed by atoms with Gasteiger partial charge in [-0.2, -0.15) is 0 Å². The van der Waals surface area contributed by atoms with E-state index < -0.39 is 6.17 Å². The van der Waals surface area contributed by atoms with Crippen molar-refractivity contribution in [2.24, 2.45) is 0 Å². The van der Waals surface area contributed by atoms with Crippen molar-refractivity contribution in [1.29, 1.82) is 0 Å². The van der Waals surface area contributed by atoms with Crippen molar-refractivity contribution in [2.75, 3.05) is 11.2 Å². The molecule has 7 nitrogen and oxygen atoms in total. The molecular weight excluding hydrogens is 504 g/mol. The summed E-state index contributed by atoms with van der Waals surface area (Å²) in [6.07, 6.45) is 1.39. The Labute approximate surface area is 202 Å². The Bertz CT molecular complexity index is 1430. The number of amides is 1. The van der Waals surface area contributed by atoms with E-state index in [-0.39, 0.29) is 11.5 Å². The standard InChI is InChI=1S/C24H19BrN4O3S/c1-3-20(30)28-17-10-5-4-9-16(17)21-22(31)26-24(33-2)27-29(21)23(28)19-12-11-18(32-19)14-7-6-8-15(25)13-14/h4-13,23H,3H2,1-2H3/p+1/t23-/m1/s1. The SMILES string of the molecule is CCC(=O)N1c2ccccc2-c2c(=O)[nH]c(SC)n[n+]2[C@@H]1c1ccc(-c2cccc(Br)c2)o1. The molecule has 5 rings (SSSR count). The Hall–Kier alpha value is -3.17. The van der Waals surface area contributed by atoms with Crippen molar-refractivity contribution < 1.29 is 13.9 Å². The second kappa shape index (κ2) is 8.64. The number of nitrogens with one attached hydrogen (secondary N) is 1. The molecule has 166 valence electrons. The number of para-hydroxylation sites is 1. The molecule has 33 heavy (non-hydrogen) atoms. The maximum Gasteiger partial charge on any atom is 0.325 e. The van der Waals surface area contributed by atoms with Gasteiger partial charge in [0.25, 0.3) is 0 Å². The lowest BCUT2D eigenvalue weighted by Gasteiger charge is -2.30. The monoisotopic (exact) mass is 523 g/mol. The van der Waals surface area contributed by atoms with Gasteiger partial charge < -0.3 is 4.42 Å². The zero-order valence-corrected chi connectivity index (χ0v) is 20.3. The molecule has 1 aliphatic heterocycles. The second-order valence-corrected chi connectivity index (χ2v) is 9.19. The van der Waals surface area contributed by atoms with Crippen molar-refractivity contribution in [1.82, 2.24) is 10.1 Å². The third-order valence-electron chi connectivity index (χ3n) is 5.51. The van der Waals surface area contributed by atoms with Crippen LogP contribution in [0.4, 0.5) is 5.69 Å². The largest absolute Gasteiger partial charge is 0.452 e. The first-order valence-electron chi connectivity index (χ1n) is 10.4. The molecule has 0 saturated carbocycles. The number of furan rings is 1. The summed E-state index contributed by atoms with van der Waals surface area (Å²) in [6, 6.07) is 18.9. The minimum atomic E-state index is -0.739. The number of hydrogen-bond acceptors (Lipinski definition) is 5. The number of fused-ring (bicyclic) bond motifs is 3. The molecular formula is C24H20BrN4O3S+. The van der Waals surface area contributed by atoms with Gasteiger partial charge in [-0.25, -0.2) is 4.90 Å². The molecule has 2 aromatic carbocycles. The lowest BCUT2D eigenvalue weighted by Crippen LogP contribution is -2.60. The Balaban J connectivity index is 1.76. The minimum Gasteiger partial charge on any atom is -0.452 e. The van der Waals surface area contributed by atoms with Crippen LogP contribution in [0.2, 0.25) is 0 Å². The van der Waals surface area contributed by atoms with Crippen molar-refractivity contribution in [3.8, 4) is 22.6 Å². The summed E-state index contributed by atoms with van der Waals surface area (Å²) in [4.78, 5) is 30.9. The molecule has 9 heteroatoms. The molecule has 4 aromatic rings. The number of aromatic nitrogens is 3. The van der Waals surface area contributed by atoms with Gasteiger partial charge in [-0.05, 0) is 47.3 Å². The predicted molar refractivity (Wildman–Crippen MR) is 130 cm³/mol. The predicted octanol–water partition coefficient (Wildman–Crippen LogP) is 4.77. The first-order chi connectivity index (χ1) is 16.0. The Morgan fingerprint density at radius 3 is 2.79 bits per heavy atom. The first-order valence-corrected chi connectivity index (χ1v) is 12.4. The number of thioether (sulfide) groups is 1. The highest BCUT2D eigenvalue weighted by molar-refractivity contribution is 9.10. The maximum atomic E-state index is 13.2. The van der Waals surface area contributed by atoms with E-state index in [0.717, 1.165) is 10.0 Å². The molecule has 1 aliphatic rings. The third-order valence-corrected chi connectivity index (χ3v) is 6.58. The lowest BCUT2D eigenvalue weighted by molar-refractivity contribution is -0.764. The van der Waals surface area contributed by atoms with Gasteiger partial charge in [0.1, 0.15) is 5.76 Å². The van der Waals surface area contributed by atoms with Gasteiger partial charge in [0.2, 0.25) is 11.1 Å². The molecule has 0 bridgehead atoms. The summed E-state index contributed by atoms with van der Waals surface area (Å²) in [5.74, 6) is 1.07. The average Bonchev–Trinajstić information content (AvgIpc) is 3.32. The highest BCUT2D eigenvalue weighted by atomic mass is 79.9. The van der Waals surface area contributed by atoms with E-state index in [4.69, 9.17) is 4.42 Å².